The van der Waals surface area contributed by atoms with Gasteiger partial charge in [0.1, 0.15) is 5.54 Å². The van der Waals surface area contributed by atoms with E-state index >= 15 is 0 Å². The minimum Gasteiger partial charge on any atom is -0.368 e. The van der Waals surface area contributed by atoms with Gasteiger partial charge in [0.2, 0.25) is 11.8 Å². The van der Waals surface area contributed by atoms with Crippen LogP contribution in [0.25, 0.3) is 0 Å². The number of rotatable bonds is 1. The first-order valence-electron chi connectivity index (χ1n) is 3.26. The second kappa shape index (κ2) is 1.33. The third-order valence-electron chi connectivity index (χ3n) is 2.34. The Morgan fingerprint density at radius 3 is 2.80 bits per heavy atom. The van der Waals surface area contributed by atoms with E-state index in [1.807, 2.05) is 0 Å². The van der Waals surface area contributed by atoms with Gasteiger partial charge in [0.25, 0.3) is 0 Å². The maximum atomic E-state index is 10.7. The highest BCUT2D eigenvalue weighted by Crippen LogP contribution is 2.49. The van der Waals surface area contributed by atoms with Gasteiger partial charge in [-0.15, -0.1) is 0 Å². The summed E-state index contributed by atoms with van der Waals surface area (Å²) in [6, 6.07) is 0. The first-order chi connectivity index (χ1) is 4.65. The van der Waals surface area contributed by atoms with Crippen LogP contribution in [0, 0.1) is 5.92 Å². The molecule has 4 heteroatoms. The average molecular weight is 140 g/mol. The number of hydrogen-bond acceptors (Lipinski definition) is 2. The molecule has 2 rings (SSSR count). The number of amides is 2. The minimum absolute atomic E-state index is 0.0462. The Kier molecular flexibility index (Phi) is 0.760. The summed E-state index contributed by atoms with van der Waals surface area (Å²) in [5, 5.41) is 2.59. The molecule has 2 amide bonds. The lowest BCUT2D eigenvalue weighted by molar-refractivity contribution is -0.125. The number of carbonyl (C=O) groups is 2. The van der Waals surface area contributed by atoms with Crippen LogP contribution >= 0.6 is 0 Å². The molecule has 1 saturated carbocycles. The van der Waals surface area contributed by atoms with Crippen LogP contribution in [0.2, 0.25) is 0 Å². The lowest BCUT2D eigenvalue weighted by Crippen LogP contribution is -2.43. The summed E-state index contributed by atoms with van der Waals surface area (Å²) in [5.74, 6) is -0.240. The lowest BCUT2D eigenvalue weighted by atomic mass is 10.2. The fourth-order valence-corrected chi connectivity index (χ4v) is 1.62. The quantitative estimate of drug-likeness (QED) is 0.477. The van der Waals surface area contributed by atoms with Crippen molar-refractivity contribution in [1.29, 1.82) is 0 Å². The zero-order chi connectivity index (χ0) is 7.35. The van der Waals surface area contributed by atoms with Gasteiger partial charge < -0.3 is 11.1 Å². The second-order valence-electron chi connectivity index (χ2n) is 2.99. The van der Waals surface area contributed by atoms with Crippen LogP contribution in [0.3, 0.4) is 0 Å². The largest absolute Gasteiger partial charge is 0.368 e. The summed E-state index contributed by atoms with van der Waals surface area (Å²) in [6.07, 6.45) is 1.22. The fraction of sp³-hybridized carbons (Fsp3) is 0.667. The molecular weight excluding hydrogens is 132 g/mol. The van der Waals surface area contributed by atoms with Gasteiger partial charge in [0, 0.05) is 12.3 Å². The average Bonchev–Trinajstić information content (AvgIpc) is 2.37. The van der Waals surface area contributed by atoms with Gasteiger partial charge in [-0.25, -0.2) is 0 Å². The van der Waals surface area contributed by atoms with E-state index in [9.17, 15) is 9.59 Å². The van der Waals surface area contributed by atoms with E-state index in [1.165, 1.54) is 0 Å². The monoisotopic (exact) mass is 140 g/mol. The van der Waals surface area contributed by atoms with Gasteiger partial charge >= 0.3 is 0 Å². The van der Waals surface area contributed by atoms with E-state index < -0.39 is 5.54 Å². The zero-order valence-corrected chi connectivity index (χ0v) is 5.39. The maximum Gasteiger partial charge on any atom is 0.243 e. The van der Waals surface area contributed by atoms with Crippen molar-refractivity contribution < 1.29 is 9.59 Å². The molecule has 1 aliphatic carbocycles. The Balaban J connectivity index is 2.23. The molecule has 10 heavy (non-hydrogen) atoms. The molecule has 1 heterocycles. The van der Waals surface area contributed by atoms with Gasteiger partial charge in [-0.3, -0.25) is 9.59 Å². The van der Waals surface area contributed by atoms with Crippen LogP contribution in [0.4, 0.5) is 0 Å². The fourth-order valence-electron chi connectivity index (χ4n) is 1.62. The van der Waals surface area contributed by atoms with Crippen molar-refractivity contribution in [2.45, 2.75) is 18.4 Å². The highest BCUT2D eigenvalue weighted by atomic mass is 16.2. The van der Waals surface area contributed by atoms with Crippen LogP contribution < -0.4 is 11.1 Å². The molecular formula is C6H8N2O2. The Bertz CT molecular complexity index is 226. The highest BCUT2D eigenvalue weighted by molar-refractivity contribution is 5.98. The van der Waals surface area contributed by atoms with E-state index in [0.29, 0.717) is 6.42 Å². The standard InChI is InChI=1S/C6H8N2O2/c7-5(10)6-2-3(6)1-4(9)8-6/h3H,1-2H2,(H2,7,10)(H,8,9). The molecule has 54 valence electrons. The van der Waals surface area contributed by atoms with Crippen LogP contribution in [0.15, 0.2) is 0 Å². The minimum atomic E-state index is -0.628. The van der Waals surface area contributed by atoms with Crippen molar-refractivity contribution in [2.24, 2.45) is 11.7 Å². The molecule has 1 aliphatic heterocycles. The molecule has 2 aliphatic rings. The summed E-state index contributed by atoms with van der Waals surface area (Å²) in [4.78, 5) is 21.4. The predicted molar refractivity (Wildman–Crippen MR) is 32.8 cm³/mol. The number of fused-ring (bicyclic) bond motifs is 1. The Hall–Kier alpha value is -1.06. The molecule has 2 fully saturated rings. The number of nitrogens with one attached hydrogen (secondary N) is 1. The van der Waals surface area contributed by atoms with Gasteiger partial charge in [-0.05, 0) is 6.42 Å². The molecule has 1 saturated heterocycles. The molecule has 0 aromatic rings. The van der Waals surface area contributed by atoms with Crippen molar-refractivity contribution in [3.05, 3.63) is 0 Å². The van der Waals surface area contributed by atoms with Crippen molar-refractivity contribution in [2.75, 3.05) is 0 Å². The molecule has 2 unspecified atom stereocenters. The van der Waals surface area contributed by atoms with Crippen LogP contribution in [0.5, 0.6) is 0 Å². The van der Waals surface area contributed by atoms with Crippen molar-refractivity contribution in [1.82, 2.24) is 5.32 Å². The van der Waals surface area contributed by atoms with Crippen molar-refractivity contribution in [3.8, 4) is 0 Å². The maximum absolute atomic E-state index is 10.7. The third kappa shape index (κ3) is 0.465. The van der Waals surface area contributed by atoms with E-state index in [0.717, 1.165) is 6.42 Å². The molecule has 0 aromatic heterocycles. The summed E-state index contributed by atoms with van der Waals surface area (Å²) < 4.78 is 0. The Morgan fingerprint density at radius 2 is 2.50 bits per heavy atom. The highest BCUT2D eigenvalue weighted by Gasteiger charge is 2.64. The molecule has 2 atom stereocenters. The van der Waals surface area contributed by atoms with Crippen LogP contribution in [-0.4, -0.2) is 17.4 Å². The summed E-state index contributed by atoms with van der Waals surface area (Å²) >= 11 is 0. The number of piperidine rings is 1. The summed E-state index contributed by atoms with van der Waals surface area (Å²) in [5.41, 5.74) is 4.45. The van der Waals surface area contributed by atoms with Gasteiger partial charge in [-0.2, -0.15) is 0 Å². The van der Waals surface area contributed by atoms with Crippen molar-refractivity contribution >= 4 is 11.8 Å². The third-order valence-corrected chi connectivity index (χ3v) is 2.34. The van der Waals surface area contributed by atoms with Gasteiger partial charge in [0.05, 0.1) is 0 Å². The Labute approximate surface area is 57.8 Å². The number of nitrogens with two attached hydrogens (primary N) is 1. The number of carbonyl (C=O) groups excluding carboxylic acids is 2. The first-order valence-corrected chi connectivity index (χ1v) is 3.26. The SMILES string of the molecule is NC(=O)C12CC1CC(=O)N2. The molecule has 0 radical (unpaired) electrons. The van der Waals surface area contributed by atoms with Crippen LogP contribution in [0.1, 0.15) is 12.8 Å². The lowest BCUT2D eigenvalue weighted by Gasteiger charge is -2.06. The first kappa shape index (κ1) is 5.70. The smallest absolute Gasteiger partial charge is 0.243 e. The number of primary amides is 1. The van der Waals surface area contributed by atoms with E-state index in [4.69, 9.17) is 5.73 Å². The summed E-state index contributed by atoms with van der Waals surface area (Å²) in [6.45, 7) is 0. The van der Waals surface area contributed by atoms with Gasteiger partial charge in [-0.1, -0.05) is 0 Å². The topological polar surface area (TPSA) is 72.2 Å². The number of hydrogen-bond donors (Lipinski definition) is 2. The van der Waals surface area contributed by atoms with E-state index in [2.05, 4.69) is 5.32 Å². The predicted octanol–water partition coefficient (Wildman–Crippen LogP) is -1.25. The zero-order valence-electron chi connectivity index (χ0n) is 5.39. The molecule has 3 N–H and O–H groups in total. The summed E-state index contributed by atoms with van der Waals surface area (Å²) in [7, 11) is 0. The van der Waals surface area contributed by atoms with Crippen molar-refractivity contribution in [3.63, 3.8) is 0 Å². The van der Waals surface area contributed by atoms with E-state index in [-0.39, 0.29) is 17.7 Å². The molecule has 0 spiro atoms. The Morgan fingerprint density at radius 1 is 1.80 bits per heavy atom. The second-order valence-corrected chi connectivity index (χ2v) is 2.99. The molecule has 0 bridgehead atoms. The van der Waals surface area contributed by atoms with Crippen LogP contribution in [-0.2, 0) is 9.59 Å². The van der Waals surface area contributed by atoms with Gasteiger partial charge in [0.15, 0.2) is 0 Å². The molecule has 0 aromatic carbocycles. The normalized spacial score (nSPS) is 42.4. The molecule has 4 nitrogen and oxygen atoms in total. The van der Waals surface area contributed by atoms with E-state index in [1.54, 1.807) is 0 Å².